The Morgan fingerprint density at radius 3 is 2.67 bits per heavy atom. The fourth-order valence-electron chi connectivity index (χ4n) is 2.45. The van der Waals surface area contributed by atoms with Crippen LogP contribution >= 0.6 is 23.1 Å². The predicted octanol–water partition coefficient (Wildman–Crippen LogP) is 3.63. The first kappa shape index (κ1) is 19.5. The number of halogens is 1. The summed E-state index contributed by atoms with van der Waals surface area (Å²) in [5, 5.41) is 17.3. The van der Waals surface area contributed by atoms with Crippen molar-refractivity contribution in [3.8, 4) is 0 Å². The van der Waals surface area contributed by atoms with Gasteiger partial charge in [0.15, 0.2) is 0 Å². The zero-order valence-corrected chi connectivity index (χ0v) is 16.9. The zero-order valence-electron chi connectivity index (χ0n) is 15.2. The molecule has 1 atom stereocenters. The molecule has 1 amide bonds. The van der Waals surface area contributed by atoms with Crippen LogP contribution in [0.2, 0.25) is 0 Å². The van der Waals surface area contributed by atoms with Gasteiger partial charge in [-0.2, -0.15) is 0 Å². The van der Waals surface area contributed by atoms with Gasteiger partial charge in [0.05, 0.1) is 17.3 Å². The van der Waals surface area contributed by atoms with Crippen molar-refractivity contribution in [2.24, 2.45) is 0 Å². The number of amides is 1. The lowest BCUT2D eigenvalue weighted by atomic mass is 10.1. The number of thiophene rings is 1. The molecule has 1 aromatic carbocycles. The molecule has 0 bridgehead atoms. The molecule has 142 valence electrons. The van der Waals surface area contributed by atoms with Gasteiger partial charge in [-0.3, -0.25) is 4.79 Å². The minimum Gasteiger partial charge on any atom is -0.344 e. The summed E-state index contributed by atoms with van der Waals surface area (Å²) in [6.45, 7) is 5.98. The van der Waals surface area contributed by atoms with E-state index >= 15 is 0 Å². The SMILES string of the molecule is CC(C)(C)n1nnnc1SCC(=O)NC(c1ccc(F)cc1)c1cccs1. The zero-order chi connectivity index (χ0) is 19.4. The molecule has 0 aliphatic heterocycles. The first-order valence-corrected chi connectivity index (χ1v) is 10.2. The monoisotopic (exact) mass is 405 g/mol. The van der Waals surface area contributed by atoms with Crippen molar-refractivity contribution in [2.75, 3.05) is 5.75 Å². The molecule has 3 rings (SSSR count). The van der Waals surface area contributed by atoms with Gasteiger partial charge in [0, 0.05) is 4.88 Å². The van der Waals surface area contributed by atoms with Gasteiger partial charge in [-0.1, -0.05) is 30.0 Å². The van der Waals surface area contributed by atoms with Gasteiger partial charge >= 0.3 is 0 Å². The lowest BCUT2D eigenvalue weighted by Crippen LogP contribution is -2.30. The first-order chi connectivity index (χ1) is 12.8. The van der Waals surface area contributed by atoms with Crippen LogP contribution in [-0.4, -0.2) is 31.9 Å². The van der Waals surface area contributed by atoms with Gasteiger partial charge in [-0.25, -0.2) is 9.07 Å². The van der Waals surface area contributed by atoms with Crippen LogP contribution in [0.5, 0.6) is 0 Å². The minimum absolute atomic E-state index is 0.147. The molecule has 6 nitrogen and oxygen atoms in total. The van der Waals surface area contributed by atoms with Gasteiger partial charge in [-0.15, -0.1) is 16.4 Å². The highest BCUT2D eigenvalue weighted by atomic mass is 32.2. The van der Waals surface area contributed by atoms with E-state index in [1.165, 1.54) is 23.9 Å². The van der Waals surface area contributed by atoms with Gasteiger partial charge in [-0.05, 0) is 60.3 Å². The largest absolute Gasteiger partial charge is 0.344 e. The van der Waals surface area contributed by atoms with Gasteiger partial charge in [0.2, 0.25) is 11.1 Å². The number of nitrogens with one attached hydrogen (secondary N) is 1. The molecule has 1 N–H and O–H groups in total. The predicted molar refractivity (Wildman–Crippen MR) is 104 cm³/mol. The molecule has 0 fully saturated rings. The Bertz CT molecular complexity index is 887. The summed E-state index contributed by atoms with van der Waals surface area (Å²) < 4.78 is 15.0. The molecule has 2 aromatic heterocycles. The molecule has 1 unspecified atom stereocenters. The number of hydrogen-bond donors (Lipinski definition) is 1. The third-order valence-electron chi connectivity index (χ3n) is 3.75. The van der Waals surface area contributed by atoms with Crippen LogP contribution in [0.25, 0.3) is 0 Å². The molecule has 2 heterocycles. The highest BCUT2D eigenvalue weighted by molar-refractivity contribution is 7.99. The summed E-state index contributed by atoms with van der Waals surface area (Å²) in [6.07, 6.45) is 0. The molecule has 3 aromatic rings. The second kappa shape index (κ2) is 8.18. The Labute approximate surface area is 165 Å². The van der Waals surface area contributed by atoms with E-state index in [1.54, 1.807) is 28.2 Å². The van der Waals surface area contributed by atoms with E-state index in [-0.39, 0.29) is 29.1 Å². The molecular weight excluding hydrogens is 385 g/mol. The summed E-state index contributed by atoms with van der Waals surface area (Å²) in [7, 11) is 0. The van der Waals surface area contributed by atoms with Gasteiger partial charge in [0.25, 0.3) is 0 Å². The Hall–Kier alpha value is -2.26. The number of tetrazole rings is 1. The van der Waals surface area contributed by atoms with Gasteiger partial charge < -0.3 is 5.32 Å². The number of rotatable bonds is 6. The quantitative estimate of drug-likeness (QED) is 0.634. The first-order valence-electron chi connectivity index (χ1n) is 8.34. The Balaban J connectivity index is 1.70. The number of hydrogen-bond acceptors (Lipinski definition) is 6. The van der Waals surface area contributed by atoms with Crippen LogP contribution in [0.3, 0.4) is 0 Å². The second-order valence-electron chi connectivity index (χ2n) is 6.90. The van der Waals surface area contributed by atoms with Crippen LogP contribution in [0.1, 0.15) is 37.3 Å². The maximum absolute atomic E-state index is 13.3. The van der Waals surface area contributed by atoms with E-state index < -0.39 is 0 Å². The Kier molecular flexibility index (Phi) is 5.91. The minimum atomic E-state index is -0.322. The molecule has 0 aliphatic carbocycles. The van der Waals surface area contributed by atoms with E-state index in [2.05, 4.69) is 20.8 Å². The Morgan fingerprint density at radius 2 is 2.04 bits per heavy atom. The van der Waals surface area contributed by atoms with Crippen molar-refractivity contribution in [1.29, 1.82) is 0 Å². The number of carbonyl (C=O) groups is 1. The topological polar surface area (TPSA) is 72.7 Å². The Morgan fingerprint density at radius 1 is 1.30 bits per heavy atom. The molecule has 0 spiro atoms. The van der Waals surface area contributed by atoms with E-state index in [0.29, 0.717) is 5.16 Å². The molecule has 9 heteroatoms. The summed E-state index contributed by atoms with van der Waals surface area (Å²) in [6, 6.07) is 9.72. The standard InChI is InChI=1S/C18H20FN5OS2/c1-18(2,3)24-17(21-22-23-24)27-11-15(25)20-16(14-5-4-10-26-14)12-6-8-13(19)9-7-12/h4-10,16H,11H2,1-3H3,(H,20,25). The maximum Gasteiger partial charge on any atom is 0.231 e. The number of benzene rings is 1. The fraction of sp³-hybridized carbons (Fsp3) is 0.333. The molecular formula is C18H20FN5OS2. The highest BCUT2D eigenvalue weighted by Gasteiger charge is 2.22. The van der Waals surface area contributed by atoms with Crippen molar-refractivity contribution in [1.82, 2.24) is 25.5 Å². The van der Waals surface area contributed by atoms with Crippen molar-refractivity contribution in [3.63, 3.8) is 0 Å². The fourth-order valence-corrected chi connectivity index (χ4v) is 4.13. The lowest BCUT2D eigenvalue weighted by Gasteiger charge is -2.20. The molecule has 0 saturated carbocycles. The van der Waals surface area contributed by atoms with E-state index in [1.807, 2.05) is 38.3 Å². The van der Waals surface area contributed by atoms with E-state index in [9.17, 15) is 9.18 Å². The van der Waals surface area contributed by atoms with Crippen molar-refractivity contribution in [3.05, 3.63) is 58.0 Å². The third kappa shape index (κ3) is 4.92. The lowest BCUT2D eigenvalue weighted by molar-refractivity contribution is -0.119. The van der Waals surface area contributed by atoms with Crippen LogP contribution in [0.15, 0.2) is 46.9 Å². The highest BCUT2D eigenvalue weighted by Crippen LogP contribution is 2.27. The average Bonchev–Trinajstić information content (AvgIpc) is 3.30. The van der Waals surface area contributed by atoms with Gasteiger partial charge in [0.1, 0.15) is 5.82 Å². The molecule has 0 saturated heterocycles. The smallest absolute Gasteiger partial charge is 0.231 e. The number of nitrogens with zero attached hydrogens (tertiary/aromatic N) is 4. The maximum atomic E-state index is 13.3. The molecule has 0 radical (unpaired) electrons. The summed E-state index contributed by atoms with van der Waals surface area (Å²) >= 11 is 2.83. The van der Waals surface area contributed by atoms with Crippen LogP contribution in [0.4, 0.5) is 4.39 Å². The number of carbonyl (C=O) groups excluding carboxylic acids is 1. The van der Waals surface area contributed by atoms with Crippen LogP contribution in [0, 0.1) is 5.82 Å². The number of aromatic nitrogens is 4. The van der Waals surface area contributed by atoms with E-state index in [4.69, 9.17) is 0 Å². The van der Waals surface area contributed by atoms with E-state index in [0.717, 1.165) is 10.4 Å². The van der Waals surface area contributed by atoms with Crippen molar-refractivity contribution < 1.29 is 9.18 Å². The second-order valence-corrected chi connectivity index (χ2v) is 8.82. The molecule has 27 heavy (non-hydrogen) atoms. The van der Waals surface area contributed by atoms with Crippen LogP contribution in [-0.2, 0) is 10.3 Å². The van der Waals surface area contributed by atoms with Crippen LogP contribution < -0.4 is 5.32 Å². The summed E-state index contributed by atoms with van der Waals surface area (Å²) in [4.78, 5) is 13.6. The summed E-state index contributed by atoms with van der Waals surface area (Å²) in [5.41, 5.74) is 0.562. The average molecular weight is 406 g/mol. The van der Waals surface area contributed by atoms with Crippen molar-refractivity contribution >= 4 is 29.0 Å². The number of thioether (sulfide) groups is 1. The summed E-state index contributed by atoms with van der Waals surface area (Å²) in [5.74, 6) is -0.273. The third-order valence-corrected chi connectivity index (χ3v) is 5.60. The normalized spacial score (nSPS) is 12.7. The van der Waals surface area contributed by atoms with Crippen molar-refractivity contribution in [2.45, 2.75) is 37.5 Å². The molecule has 0 aliphatic rings.